The first-order valence-electron chi connectivity index (χ1n) is 10.6. The van der Waals surface area contributed by atoms with E-state index in [1.54, 1.807) is 6.20 Å². The second kappa shape index (κ2) is 8.81. The van der Waals surface area contributed by atoms with E-state index in [-0.39, 0.29) is 17.5 Å². The van der Waals surface area contributed by atoms with Gasteiger partial charge in [0.05, 0.1) is 22.8 Å². The number of anilines is 3. The molecule has 1 fully saturated rings. The van der Waals surface area contributed by atoms with Crippen LogP contribution in [-0.2, 0) is 10.3 Å². The summed E-state index contributed by atoms with van der Waals surface area (Å²) < 4.78 is 1.89. The highest BCUT2D eigenvalue weighted by Gasteiger charge is 2.25. The second-order valence-corrected chi connectivity index (χ2v) is 9.59. The van der Waals surface area contributed by atoms with Crippen LogP contribution in [0, 0.1) is 0 Å². The van der Waals surface area contributed by atoms with E-state index < -0.39 is 0 Å². The average Bonchev–Trinajstić information content (AvgIpc) is 3.40. The van der Waals surface area contributed by atoms with E-state index in [2.05, 4.69) is 58.3 Å². The van der Waals surface area contributed by atoms with E-state index in [1.807, 2.05) is 22.0 Å². The first-order valence-corrected chi connectivity index (χ1v) is 11.8. The van der Waals surface area contributed by atoms with Crippen molar-refractivity contribution < 1.29 is 4.79 Å². The third-order valence-corrected chi connectivity index (χ3v) is 6.04. The number of H-pyrrole nitrogens is 1. The number of hydrogen-bond acceptors (Lipinski definition) is 8. The number of fused-ring (bicyclic) bond motifs is 1. The minimum absolute atomic E-state index is 0.0457. The van der Waals surface area contributed by atoms with Gasteiger partial charge in [-0.3, -0.25) is 14.6 Å². The molecule has 3 aromatic heterocycles. The van der Waals surface area contributed by atoms with E-state index in [0.29, 0.717) is 24.0 Å². The van der Waals surface area contributed by atoms with E-state index in [9.17, 15) is 4.79 Å². The van der Waals surface area contributed by atoms with Crippen LogP contribution in [0.3, 0.4) is 0 Å². The van der Waals surface area contributed by atoms with Crippen LogP contribution in [-0.4, -0.2) is 66.1 Å². The number of nitrogens with one attached hydrogen (secondary N) is 3. The highest BCUT2D eigenvalue weighted by molar-refractivity contribution is 7.98. The molecule has 170 valence electrons. The molecule has 10 nitrogen and oxygen atoms in total. The Morgan fingerprint density at radius 1 is 1.38 bits per heavy atom. The van der Waals surface area contributed by atoms with Crippen LogP contribution >= 0.6 is 11.8 Å². The summed E-state index contributed by atoms with van der Waals surface area (Å²) in [5, 5.41) is 20.3. The minimum atomic E-state index is -0.121. The molecule has 1 amide bonds. The van der Waals surface area contributed by atoms with Gasteiger partial charge in [-0.25, -0.2) is 0 Å². The van der Waals surface area contributed by atoms with Gasteiger partial charge < -0.3 is 15.5 Å². The summed E-state index contributed by atoms with van der Waals surface area (Å²) in [4.78, 5) is 23.3. The molecule has 0 bridgehead atoms. The smallest absolute Gasteiger partial charge is 0.246 e. The monoisotopic (exact) mass is 455 g/mol. The van der Waals surface area contributed by atoms with Gasteiger partial charge in [0.2, 0.25) is 11.9 Å². The van der Waals surface area contributed by atoms with E-state index in [4.69, 9.17) is 4.98 Å². The molecule has 3 aromatic rings. The van der Waals surface area contributed by atoms with Gasteiger partial charge in [0.15, 0.2) is 5.65 Å². The summed E-state index contributed by atoms with van der Waals surface area (Å²) in [7, 11) is 0. The summed E-state index contributed by atoms with van der Waals surface area (Å²) >= 11 is 1.53. The van der Waals surface area contributed by atoms with Gasteiger partial charge in [-0.2, -0.15) is 20.2 Å². The second-order valence-electron chi connectivity index (χ2n) is 8.79. The SMILES string of the molecule is C=CC(=O)N1CCC[C@@H](Nc2nc(Nc3cnn(C(C)(C)C)c3)nc3[nH]nc(SC)c23)C1. The fraction of sp³-hybridized carbons (Fsp3) is 0.476. The van der Waals surface area contributed by atoms with Crippen LogP contribution in [0.2, 0.25) is 0 Å². The molecule has 4 heterocycles. The fourth-order valence-electron chi connectivity index (χ4n) is 3.71. The molecule has 4 rings (SSSR count). The predicted molar refractivity (Wildman–Crippen MR) is 127 cm³/mol. The molecule has 1 atom stereocenters. The van der Waals surface area contributed by atoms with Gasteiger partial charge >= 0.3 is 0 Å². The summed E-state index contributed by atoms with van der Waals surface area (Å²) in [6.07, 6.45) is 8.89. The summed E-state index contributed by atoms with van der Waals surface area (Å²) in [5.74, 6) is 1.09. The number of aromatic amines is 1. The van der Waals surface area contributed by atoms with Crippen LogP contribution in [0.1, 0.15) is 33.6 Å². The summed E-state index contributed by atoms with van der Waals surface area (Å²) in [6.45, 7) is 11.2. The Kier molecular flexibility index (Phi) is 6.09. The molecule has 0 unspecified atom stereocenters. The number of hydrogen-bond donors (Lipinski definition) is 3. The Morgan fingerprint density at radius 3 is 2.88 bits per heavy atom. The molecule has 0 saturated carbocycles. The fourth-order valence-corrected chi connectivity index (χ4v) is 4.25. The highest BCUT2D eigenvalue weighted by Crippen LogP contribution is 2.31. The minimum Gasteiger partial charge on any atom is -0.365 e. The normalized spacial score (nSPS) is 16.9. The Bertz CT molecular complexity index is 1130. The van der Waals surface area contributed by atoms with Gasteiger partial charge in [0.1, 0.15) is 10.8 Å². The van der Waals surface area contributed by atoms with Crippen LogP contribution in [0.5, 0.6) is 0 Å². The van der Waals surface area contributed by atoms with Gasteiger partial charge in [-0.15, -0.1) is 11.8 Å². The topological polar surface area (TPSA) is 117 Å². The number of amides is 1. The number of piperidine rings is 1. The van der Waals surface area contributed by atoms with Crippen molar-refractivity contribution in [1.29, 1.82) is 0 Å². The maximum absolute atomic E-state index is 12.1. The van der Waals surface area contributed by atoms with Crippen molar-refractivity contribution in [2.24, 2.45) is 0 Å². The lowest BCUT2D eigenvalue weighted by Gasteiger charge is -2.33. The molecule has 3 N–H and O–H groups in total. The van der Waals surface area contributed by atoms with Crippen molar-refractivity contribution >= 4 is 46.2 Å². The van der Waals surface area contributed by atoms with E-state index in [0.717, 1.165) is 35.5 Å². The molecule has 32 heavy (non-hydrogen) atoms. The van der Waals surface area contributed by atoms with Crippen molar-refractivity contribution in [3.05, 3.63) is 25.0 Å². The van der Waals surface area contributed by atoms with Crippen LogP contribution in [0.4, 0.5) is 17.5 Å². The zero-order valence-corrected chi connectivity index (χ0v) is 19.7. The Balaban J connectivity index is 1.63. The predicted octanol–water partition coefficient (Wildman–Crippen LogP) is 3.36. The average molecular weight is 456 g/mol. The number of thioether (sulfide) groups is 1. The molecule has 0 spiro atoms. The van der Waals surface area contributed by atoms with Crippen LogP contribution < -0.4 is 10.6 Å². The zero-order chi connectivity index (χ0) is 22.9. The van der Waals surface area contributed by atoms with Crippen molar-refractivity contribution in [2.45, 2.75) is 50.2 Å². The van der Waals surface area contributed by atoms with Crippen LogP contribution in [0.15, 0.2) is 30.1 Å². The van der Waals surface area contributed by atoms with Gasteiger partial charge in [-0.1, -0.05) is 6.58 Å². The number of rotatable bonds is 6. The molecular weight excluding hydrogens is 426 g/mol. The van der Waals surface area contributed by atoms with Crippen LogP contribution in [0.25, 0.3) is 11.0 Å². The van der Waals surface area contributed by atoms with Gasteiger partial charge in [0, 0.05) is 25.3 Å². The van der Waals surface area contributed by atoms with Crippen molar-refractivity contribution in [1.82, 2.24) is 34.8 Å². The lowest BCUT2D eigenvalue weighted by molar-refractivity contribution is -0.127. The quantitative estimate of drug-likeness (QED) is 0.383. The third kappa shape index (κ3) is 4.57. The lowest BCUT2D eigenvalue weighted by Crippen LogP contribution is -2.44. The molecule has 0 radical (unpaired) electrons. The molecule has 0 aromatic carbocycles. The first kappa shape index (κ1) is 22.1. The number of nitrogens with zero attached hydrogens (tertiary/aromatic N) is 6. The number of likely N-dealkylation sites (tertiary alicyclic amines) is 1. The first-order chi connectivity index (χ1) is 15.3. The third-order valence-electron chi connectivity index (χ3n) is 5.35. The maximum Gasteiger partial charge on any atom is 0.246 e. The Hall–Kier alpha value is -3.08. The van der Waals surface area contributed by atoms with Crippen molar-refractivity contribution in [3.63, 3.8) is 0 Å². The van der Waals surface area contributed by atoms with Gasteiger partial charge in [0.25, 0.3) is 0 Å². The Morgan fingerprint density at radius 2 is 2.19 bits per heavy atom. The Labute approximate surface area is 191 Å². The van der Waals surface area contributed by atoms with E-state index >= 15 is 0 Å². The lowest BCUT2D eigenvalue weighted by atomic mass is 10.1. The summed E-state index contributed by atoms with van der Waals surface area (Å²) in [5.41, 5.74) is 1.33. The van der Waals surface area contributed by atoms with Crippen molar-refractivity contribution in [2.75, 3.05) is 30.0 Å². The molecule has 1 saturated heterocycles. The largest absolute Gasteiger partial charge is 0.365 e. The molecule has 1 aliphatic rings. The number of carbonyl (C=O) groups is 1. The molecular formula is C21H29N9OS. The molecule has 11 heteroatoms. The summed E-state index contributed by atoms with van der Waals surface area (Å²) in [6, 6.07) is 0.0758. The standard InChI is InChI=1S/C21H29N9OS/c1-6-15(31)29-9-7-8-13(11-29)23-17-16-18(27-28-19(16)32-5)26-20(25-17)24-14-10-22-30(12-14)21(2,3)4/h6,10,12-13H,1,7-9,11H2,2-5H3,(H3,23,24,25,26,27,28)/t13-/m1/s1. The highest BCUT2D eigenvalue weighted by atomic mass is 32.2. The molecule has 0 aliphatic carbocycles. The number of aromatic nitrogens is 6. The number of carbonyl (C=O) groups excluding carboxylic acids is 1. The maximum atomic E-state index is 12.1. The van der Waals surface area contributed by atoms with Crippen molar-refractivity contribution in [3.8, 4) is 0 Å². The zero-order valence-electron chi connectivity index (χ0n) is 18.8. The molecule has 1 aliphatic heterocycles. The van der Waals surface area contributed by atoms with Gasteiger partial charge in [-0.05, 0) is 45.9 Å². The van der Waals surface area contributed by atoms with E-state index in [1.165, 1.54) is 17.8 Å².